The van der Waals surface area contributed by atoms with Crippen molar-refractivity contribution in [3.8, 4) is 0 Å². The zero-order chi connectivity index (χ0) is 11.1. The van der Waals surface area contributed by atoms with E-state index in [2.05, 4.69) is 27.2 Å². The van der Waals surface area contributed by atoms with Crippen molar-refractivity contribution in [2.45, 2.75) is 31.8 Å². The Balaban J connectivity index is 1.90. The lowest BCUT2D eigenvalue weighted by molar-refractivity contribution is 0.304. The van der Waals surface area contributed by atoms with Crippen molar-refractivity contribution >= 4 is 17.4 Å². The lowest BCUT2D eigenvalue weighted by Crippen LogP contribution is -2.28. The summed E-state index contributed by atoms with van der Waals surface area (Å²) in [4.78, 5) is 11.3. The Morgan fingerprint density at radius 1 is 1.31 bits per heavy atom. The maximum Gasteiger partial charge on any atom is 0.171 e. The third-order valence-electron chi connectivity index (χ3n) is 3.08. The average Bonchev–Trinajstić information content (AvgIpc) is 3.03. The van der Waals surface area contributed by atoms with Crippen molar-refractivity contribution in [1.29, 1.82) is 0 Å². The summed E-state index contributed by atoms with van der Waals surface area (Å²) >= 11 is 6.13. The van der Waals surface area contributed by atoms with Gasteiger partial charge in [-0.3, -0.25) is 0 Å². The maximum atomic E-state index is 6.13. The molecule has 1 aromatic rings. The van der Waals surface area contributed by atoms with Gasteiger partial charge >= 0.3 is 0 Å². The second-order valence-electron chi connectivity index (χ2n) is 4.66. The highest BCUT2D eigenvalue weighted by Gasteiger charge is 2.24. The van der Waals surface area contributed by atoms with E-state index in [0.717, 1.165) is 36.7 Å². The van der Waals surface area contributed by atoms with Gasteiger partial charge in [-0.2, -0.15) is 0 Å². The largest absolute Gasteiger partial charge is 0.365 e. The van der Waals surface area contributed by atoms with Gasteiger partial charge in [0.2, 0.25) is 0 Å². The first-order chi connectivity index (χ1) is 7.72. The molecule has 16 heavy (non-hydrogen) atoms. The predicted octanol–water partition coefficient (Wildman–Crippen LogP) is 1.69. The van der Waals surface area contributed by atoms with Crippen LogP contribution in [0.2, 0.25) is 5.15 Å². The van der Waals surface area contributed by atoms with Gasteiger partial charge in [-0.05, 0) is 19.9 Å². The van der Waals surface area contributed by atoms with Crippen LogP contribution in [-0.2, 0) is 13.0 Å². The average molecular weight is 239 g/mol. The molecule has 0 unspecified atom stereocenters. The van der Waals surface area contributed by atoms with E-state index in [0.29, 0.717) is 11.2 Å². The highest BCUT2D eigenvalue weighted by molar-refractivity contribution is 6.31. The maximum absolute atomic E-state index is 6.13. The summed E-state index contributed by atoms with van der Waals surface area (Å²) in [5.74, 6) is 0.771. The molecule has 0 saturated heterocycles. The van der Waals surface area contributed by atoms with Crippen LogP contribution in [0.5, 0.6) is 0 Å². The fraction of sp³-hybridized carbons (Fsp3) is 0.636. The van der Waals surface area contributed by atoms with Gasteiger partial charge < -0.3 is 10.2 Å². The van der Waals surface area contributed by atoms with Crippen molar-refractivity contribution < 1.29 is 0 Å². The summed E-state index contributed by atoms with van der Waals surface area (Å²) in [5, 5.41) is 3.84. The topological polar surface area (TPSA) is 41.1 Å². The number of nitrogens with zero attached hydrogens (tertiary/aromatic N) is 3. The molecule has 0 bridgehead atoms. The van der Waals surface area contributed by atoms with Gasteiger partial charge in [-0.15, -0.1) is 0 Å². The third kappa shape index (κ3) is 1.99. The highest BCUT2D eigenvalue weighted by atomic mass is 35.5. The molecule has 0 atom stereocenters. The summed E-state index contributed by atoms with van der Waals surface area (Å²) in [5.41, 5.74) is 2.13. The minimum Gasteiger partial charge on any atom is -0.365 e. The van der Waals surface area contributed by atoms with Crippen LogP contribution in [0, 0.1) is 0 Å². The van der Waals surface area contributed by atoms with Gasteiger partial charge in [0.15, 0.2) is 11.0 Å². The standard InChI is InChI=1S/C11H15ClN4/c1-16-5-4-8-9(6-16)14-10(12)11(15-8)13-7-2-3-7/h7H,2-6H2,1H3,(H,13,15). The smallest absolute Gasteiger partial charge is 0.171 e. The van der Waals surface area contributed by atoms with Crippen LogP contribution < -0.4 is 5.32 Å². The van der Waals surface area contributed by atoms with E-state index in [1.807, 2.05) is 0 Å². The Morgan fingerprint density at radius 3 is 2.88 bits per heavy atom. The lowest BCUT2D eigenvalue weighted by Gasteiger charge is -2.24. The van der Waals surface area contributed by atoms with Crippen molar-refractivity contribution in [3.63, 3.8) is 0 Å². The minimum atomic E-state index is 0.515. The van der Waals surface area contributed by atoms with Crippen LogP contribution in [-0.4, -0.2) is 34.5 Å². The molecule has 1 fully saturated rings. The molecule has 2 aliphatic rings. The van der Waals surface area contributed by atoms with Crippen LogP contribution in [0.1, 0.15) is 24.2 Å². The zero-order valence-electron chi connectivity index (χ0n) is 9.33. The second-order valence-corrected chi connectivity index (χ2v) is 5.02. The van der Waals surface area contributed by atoms with Gasteiger partial charge in [-0.25, -0.2) is 9.97 Å². The van der Waals surface area contributed by atoms with E-state index in [4.69, 9.17) is 11.6 Å². The fourth-order valence-electron chi connectivity index (χ4n) is 1.95. The molecular weight excluding hydrogens is 224 g/mol. The summed E-state index contributed by atoms with van der Waals surface area (Å²) in [7, 11) is 2.09. The molecule has 1 N–H and O–H groups in total. The van der Waals surface area contributed by atoms with E-state index in [1.165, 1.54) is 12.8 Å². The van der Waals surface area contributed by atoms with Crippen LogP contribution >= 0.6 is 11.6 Å². The first-order valence-electron chi connectivity index (χ1n) is 5.73. The first-order valence-corrected chi connectivity index (χ1v) is 6.10. The molecular formula is C11H15ClN4. The molecule has 5 heteroatoms. The predicted molar refractivity (Wildman–Crippen MR) is 63.7 cm³/mol. The number of likely N-dealkylation sites (N-methyl/N-ethyl adjacent to an activating group) is 1. The SMILES string of the molecule is CN1CCc2nc(NC3CC3)c(Cl)nc2C1. The Labute approximate surface area is 100 Å². The fourth-order valence-corrected chi connectivity index (χ4v) is 2.15. The molecule has 1 aromatic heterocycles. The third-order valence-corrected chi connectivity index (χ3v) is 3.34. The zero-order valence-corrected chi connectivity index (χ0v) is 10.1. The minimum absolute atomic E-state index is 0.515. The summed E-state index contributed by atoms with van der Waals surface area (Å²) in [6.45, 7) is 1.90. The van der Waals surface area contributed by atoms with E-state index in [9.17, 15) is 0 Å². The summed E-state index contributed by atoms with van der Waals surface area (Å²) in [6, 6.07) is 0.566. The number of halogens is 1. The summed E-state index contributed by atoms with van der Waals surface area (Å²) < 4.78 is 0. The van der Waals surface area contributed by atoms with Gasteiger partial charge in [0.1, 0.15) is 0 Å². The monoisotopic (exact) mass is 238 g/mol. The molecule has 1 aliphatic heterocycles. The Hall–Kier alpha value is -0.870. The van der Waals surface area contributed by atoms with E-state index >= 15 is 0 Å². The Bertz CT molecular complexity index is 417. The number of aromatic nitrogens is 2. The van der Waals surface area contributed by atoms with Crippen molar-refractivity contribution in [1.82, 2.24) is 14.9 Å². The molecule has 86 valence electrons. The van der Waals surface area contributed by atoms with Crippen LogP contribution in [0.4, 0.5) is 5.82 Å². The number of hydrogen-bond acceptors (Lipinski definition) is 4. The first kappa shape index (κ1) is 10.3. The van der Waals surface area contributed by atoms with Crippen LogP contribution in [0.3, 0.4) is 0 Å². The Kier molecular flexibility index (Phi) is 2.48. The molecule has 0 amide bonds. The molecule has 2 heterocycles. The number of rotatable bonds is 2. The molecule has 0 aromatic carbocycles. The Morgan fingerprint density at radius 2 is 2.12 bits per heavy atom. The quantitative estimate of drug-likeness (QED) is 0.852. The van der Waals surface area contributed by atoms with Crippen molar-refractivity contribution in [2.75, 3.05) is 18.9 Å². The molecule has 0 spiro atoms. The number of anilines is 1. The van der Waals surface area contributed by atoms with Gasteiger partial charge in [0.05, 0.1) is 11.4 Å². The number of hydrogen-bond donors (Lipinski definition) is 1. The molecule has 1 aliphatic carbocycles. The van der Waals surface area contributed by atoms with E-state index < -0.39 is 0 Å². The summed E-state index contributed by atoms with van der Waals surface area (Å²) in [6.07, 6.45) is 3.41. The lowest BCUT2D eigenvalue weighted by atomic mass is 10.1. The van der Waals surface area contributed by atoms with Crippen LogP contribution in [0.25, 0.3) is 0 Å². The molecule has 3 rings (SSSR count). The molecule has 4 nitrogen and oxygen atoms in total. The normalized spacial score (nSPS) is 20.6. The van der Waals surface area contributed by atoms with E-state index in [1.54, 1.807) is 0 Å². The second kappa shape index (κ2) is 3.86. The van der Waals surface area contributed by atoms with Gasteiger partial charge in [-0.1, -0.05) is 11.6 Å². The van der Waals surface area contributed by atoms with Crippen LogP contribution in [0.15, 0.2) is 0 Å². The van der Waals surface area contributed by atoms with Gasteiger partial charge in [0, 0.05) is 25.6 Å². The van der Waals surface area contributed by atoms with E-state index in [-0.39, 0.29) is 0 Å². The van der Waals surface area contributed by atoms with Crippen molar-refractivity contribution in [3.05, 3.63) is 16.5 Å². The number of fused-ring (bicyclic) bond motifs is 1. The highest BCUT2D eigenvalue weighted by Crippen LogP contribution is 2.28. The molecule has 1 saturated carbocycles. The van der Waals surface area contributed by atoms with Crippen molar-refractivity contribution in [2.24, 2.45) is 0 Å². The number of nitrogens with one attached hydrogen (secondary N) is 1. The molecule has 0 radical (unpaired) electrons. The van der Waals surface area contributed by atoms with Gasteiger partial charge in [0.25, 0.3) is 0 Å².